The summed E-state index contributed by atoms with van der Waals surface area (Å²) in [4.78, 5) is 2.10. The molecule has 0 saturated carbocycles. The Bertz CT molecular complexity index is 271. The van der Waals surface area contributed by atoms with Gasteiger partial charge in [0.05, 0.1) is 5.38 Å². The van der Waals surface area contributed by atoms with E-state index in [1.54, 1.807) is 0 Å². The molecule has 0 spiro atoms. The molecule has 2 heteroatoms. The van der Waals surface area contributed by atoms with E-state index in [1.165, 1.54) is 11.1 Å². The summed E-state index contributed by atoms with van der Waals surface area (Å²) < 4.78 is 0. The third-order valence-corrected chi connectivity index (χ3v) is 2.42. The van der Waals surface area contributed by atoms with Crippen molar-refractivity contribution in [1.29, 1.82) is 0 Å². The number of alkyl halides is 1. The Morgan fingerprint density at radius 1 is 1.31 bits per heavy atom. The van der Waals surface area contributed by atoms with Gasteiger partial charge in [0.15, 0.2) is 0 Å². The predicted octanol–water partition coefficient (Wildman–Crippen LogP) is 2.84. The van der Waals surface area contributed by atoms with Gasteiger partial charge in [-0.05, 0) is 32.1 Å². The number of nitrogens with zero attached hydrogens (tertiary/aromatic N) is 1. The Kier molecular flexibility index (Phi) is 3.76. The number of rotatable bonds is 3. The highest BCUT2D eigenvalue weighted by Crippen LogP contribution is 2.23. The quantitative estimate of drug-likeness (QED) is 0.674. The molecular formula is C11H16ClN. The second-order valence-electron chi connectivity index (χ2n) is 3.59. The molecule has 0 bridgehead atoms. The van der Waals surface area contributed by atoms with Gasteiger partial charge >= 0.3 is 0 Å². The Hall–Kier alpha value is -0.530. The molecule has 72 valence electrons. The maximum Gasteiger partial charge on any atom is 0.0714 e. The molecule has 0 aromatic heterocycles. The van der Waals surface area contributed by atoms with Gasteiger partial charge in [-0.2, -0.15) is 0 Å². The molecule has 0 aliphatic carbocycles. The molecule has 1 aromatic rings. The lowest BCUT2D eigenvalue weighted by atomic mass is 10.1. The maximum atomic E-state index is 6.26. The van der Waals surface area contributed by atoms with Gasteiger partial charge in [0.2, 0.25) is 0 Å². The zero-order chi connectivity index (χ0) is 9.84. The zero-order valence-electron chi connectivity index (χ0n) is 8.42. The van der Waals surface area contributed by atoms with Crippen molar-refractivity contribution in [1.82, 2.24) is 4.90 Å². The third kappa shape index (κ3) is 3.02. The number of likely N-dealkylation sites (N-methyl/N-ethyl adjacent to an activating group) is 1. The molecule has 1 aromatic carbocycles. The van der Waals surface area contributed by atoms with Gasteiger partial charge in [0.25, 0.3) is 0 Å². The van der Waals surface area contributed by atoms with Gasteiger partial charge in [-0.25, -0.2) is 0 Å². The van der Waals surface area contributed by atoms with Crippen LogP contribution in [-0.2, 0) is 0 Å². The monoisotopic (exact) mass is 197 g/mol. The van der Waals surface area contributed by atoms with Crippen LogP contribution in [0.4, 0.5) is 0 Å². The second kappa shape index (κ2) is 4.64. The lowest BCUT2D eigenvalue weighted by molar-refractivity contribution is 0.407. The molecule has 1 nitrogen and oxygen atoms in total. The van der Waals surface area contributed by atoms with Crippen molar-refractivity contribution in [2.24, 2.45) is 0 Å². The van der Waals surface area contributed by atoms with E-state index in [4.69, 9.17) is 11.6 Å². The summed E-state index contributed by atoms with van der Waals surface area (Å²) in [7, 11) is 4.07. The fourth-order valence-corrected chi connectivity index (χ4v) is 1.88. The Balaban J connectivity index is 2.76. The predicted molar refractivity (Wildman–Crippen MR) is 58.3 cm³/mol. The number of aryl methyl sites for hydroxylation is 1. The molecule has 1 atom stereocenters. The summed E-state index contributed by atoms with van der Waals surface area (Å²) >= 11 is 6.26. The SMILES string of the molecule is Cc1ccccc1C(Cl)CN(C)C. The first-order chi connectivity index (χ1) is 6.11. The van der Waals surface area contributed by atoms with Gasteiger partial charge in [0.1, 0.15) is 0 Å². The van der Waals surface area contributed by atoms with E-state index >= 15 is 0 Å². The first kappa shape index (κ1) is 10.6. The van der Waals surface area contributed by atoms with E-state index in [0.717, 1.165) is 6.54 Å². The van der Waals surface area contributed by atoms with Crippen molar-refractivity contribution in [3.05, 3.63) is 35.4 Å². The highest BCUT2D eigenvalue weighted by Gasteiger charge is 2.10. The molecule has 0 aliphatic heterocycles. The maximum absolute atomic E-state index is 6.26. The number of benzene rings is 1. The average Bonchev–Trinajstić information content (AvgIpc) is 2.03. The van der Waals surface area contributed by atoms with Crippen molar-refractivity contribution in [2.45, 2.75) is 12.3 Å². The smallest absolute Gasteiger partial charge is 0.0714 e. The molecular weight excluding hydrogens is 182 g/mol. The fourth-order valence-electron chi connectivity index (χ4n) is 1.36. The molecule has 13 heavy (non-hydrogen) atoms. The largest absolute Gasteiger partial charge is 0.308 e. The minimum absolute atomic E-state index is 0.0937. The van der Waals surface area contributed by atoms with Gasteiger partial charge < -0.3 is 4.90 Å². The minimum Gasteiger partial charge on any atom is -0.308 e. The van der Waals surface area contributed by atoms with Crippen molar-refractivity contribution in [3.63, 3.8) is 0 Å². The number of hydrogen-bond donors (Lipinski definition) is 0. The van der Waals surface area contributed by atoms with Crippen LogP contribution in [0.3, 0.4) is 0 Å². The van der Waals surface area contributed by atoms with Gasteiger partial charge in [0, 0.05) is 6.54 Å². The molecule has 1 rings (SSSR count). The Labute approximate surface area is 85.3 Å². The van der Waals surface area contributed by atoms with Crippen molar-refractivity contribution in [2.75, 3.05) is 20.6 Å². The highest BCUT2D eigenvalue weighted by molar-refractivity contribution is 6.21. The Morgan fingerprint density at radius 3 is 2.46 bits per heavy atom. The van der Waals surface area contributed by atoms with E-state index in [2.05, 4.69) is 24.0 Å². The zero-order valence-corrected chi connectivity index (χ0v) is 9.17. The average molecular weight is 198 g/mol. The number of hydrogen-bond acceptors (Lipinski definition) is 1. The van der Waals surface area contributed by atoms with E-state index in [9.17, 15) is 0 Å². The summed E-state index contributed by atoms with van der Waals surface area (Å²) in [5.74, 6) is 0. The molecule has 0 fully saturated rings. The van der Waals surface area contributed by atoms with Crippen LogP contribution >= 0.6 is 11.6 Å². The topological polar surface area (TPSA) is 3.24 Å². The fraction of sp³-hybridized carbons (Fsp3) is 0.455. The van der Waals surface area contributed by atoms with E-state index in [0.29, 0.717) is 0 Å². The van der Waals surface area contributed by atoms with Crippen LogP contribution < -0.4 is 0 Å². The molecule has 0 aliphatic rings. The summed E-state index contributed by atoms with van der Waals surface area (Å²) in [6, 6.07) is 8.27. The van der Waals surface area contributed by atoms with Crippen LogP contribution in [0.15, 0.2) is 24.3 Å². The second-order valence-corrected chi connectivity index (χ2v) is 4.11. The van der Waals surface area contributed by atoms with E-state index in [-0.39, 0.29) is 5.38 Å². The summed E-state index contributed by atoms with van der Waals surface area (Å²) in [5, 5.41) is 0.0937. The van der Waals surface area contributed by atoms with Crippen LogP contribution in [0.1, 0.15) is 16.5 Å². The Morgan fingerprint density at radius 2 is 1.92 bits per heavy atom. The van der Waals surface area contributed by atoms with Crippen LogP contribution in [0.5, 0.6) is 0 Å². The molecule has 1 unspecified atom stereocenters. The van der Waals surface area contributed by atoms with Crippen LogP contribution in [0.2, 0.25) is 0 Å². The van der Waals surface area contributed by atoms with Gasteiger partial charge in [-0.3, -0.25) is 0 Å². The van der Waals surface area contributed by atoms with E-state index < -0.39 is 0 Å². The molecule has 0 radical (unpaired) electrons. The third-order valence-electron chi connectivity index (χ3n) is 2.05. The van der Waals surface area contributed by atoms with Crippen LogP contribution in [0, 0.1) is 6.92 Å². The lowest BCUT2D eigenvalue weighted by Crippen LogP contribution is -2.17. The van der Waals surface area contributed by atoms with Crippen molar-refractivity contribution in [3.8, 4) is 0 Å². The lowest BCUT2D eigenvalue weighted by Gasteiger charge is -2.16. The molecule has 0 amide bonds. The van der Waals surface area contributed by atoms with Crippen LogP contribution in [0.25, 0.3) is 0 Å². The van der Waals surface area contributed by atoms with Gasteiger partial charge in [-0.1, -0.05) is 24.3 Å². The van der Waals surface area contributed by atoms with E-state index in [1.807, 2.05) is 26.2 Å². The summed E-state index contributed by atoms with van der Waals surface area (Å²) in [6.07, 6.45) is 0. The molecule has 0 N–H and O–H groups in total. The van der Waals surface area contributed by atoms with Crippen molar-refractivity contribution < 1.29 is 0 Å². The normalized spacial score (nSPS) is 13.3. The van der Waals surface area contributed by atoms with Crippen LogP contribution in [-0.4, -0.2) is 25.5 Å². The molecule has 0 saturated heterocycles. The highest BCUT2D eigenvalue weighted by atomic mass is 35.5. The number of halogens is 1. The summed E-state index contributed by atoms with van der Waals surface area (Å²) in [6.45, 7) is 2.98. The minimum atomic E-state index is 0.0937. The molecule has 0 heterocycles. The van der Waals surface area contributed by atoms with Gasteiger partial charge in [-0.15, -0.1) is 11.6 Å². The standard InChI is InChI=1S/C11H16ClN/c1-9-6-4-5-7-10(9)11(12)8-13(2)3/h4-7,11H,8H2,1-3H3. The summed E-state index contributed by atoms with van der Waals surface area (Å²) in [5.41, 5.74) is 2.50. The van der Waals surface area contributed by atoms with Crippen molar-refractivity contribution >= 4 is 11.6 Å². The first-order valence-electron chi connectivity index (χ1n) is 4.45. The first-order valence-corrected chi connectivity index (χ1v) is 4.89.